The van der Waals surface area contributed by atoms with Gasteiger partial charge >= 0.3 is 0 Å². The molecule has 0 bridgehead atoms. The molecule has 0 radical (unpaired) electrons. The molecule has 0 unspecified atom stereocenters. The molecule has 0 aliphatic carbocycles. The van der Waals surface area contributed by atoms with Gasteiger partial charge in [-0.25, -0.2) is 4.39 Å². The van der Waals surface area contributed by atoms with Gasteiger partial charge in [-0.05, 0) is 46.9 Å². The summed E-state index contributed by atoms with van der Waals surface area (Å²) in [5, 5.41) is 11.5. The number of pyridine rings is 1. The van der Waals surface area contributed by atoms with Gasteiger partial charge < -0.3 is 14.6 Å². The highest BCUT2D eigenvalue weighted by Crippen LogP contribution is 2.29. The van der Waals surface area contributed by atoms with E-state index in [1.165, 1.54) is 6.07 Å². The summed E-state index contributed by atoms with van der Waals surface area (Å²) in [5.74, 6) is 0.416. The number of rotatable bonds is 6. The molecule has 1 aliphatic heterocycles. The third kappa shape index (κ3) is 4.47. The quantitative estimate of drug-likeness (QED) is 0.532. The molecule has 146 valence electrons. The van der Waals surface area contributed by atoms with Crippen LogP contribution in [0, 0.1) is 9.39 Å². The van der Waals surface area contributed by atoms with Gasteiger partial charge in [0, 0.05) is 41.5 Å². The van der Waals surface area contributed by atoms with Crippen molar-refractivity contribution in [1.29, 1.82) is 0 Å². The normalized spacial score (nSPS) is 14.9. The summed E-state index contributed by atoms with van der Waals surface area (Å²) in [6, 6.07) is 6.93. The van der Waals surface area contributed by atoms with Crippen molar-refractivity contribution in [2.75, 3.05) is 38.2 Å². The fourth-order valence-corrected chi connectivity index (χ4v) is 3.58. The van der Waals surface area contributed by atoms with Crippen molar-refractivity contribution >= 4 is 34.0 Å². The van der Waals surface area contributed by atoms with Gasteiger partial charge in [0.25, 0.3) is 0 Å². The van der Waals surface area contributed by atoms with Gasteiger partial charge in [0.05, 0.1) is 30.8 Å². The monoisotopic (exact) mass is 494 g/mol. The lowest BCUT2D eigenvalue weighted by atomic mass is 10.2. The molecule has 4 rings (SSSR count). The third-order valence-electron chi connectivity index (χ3n) is 4.64. The van der Waals surface area contributed by atoms with E-state index >= 15 is 0 Å². The van der Waals surface area contributed by atoms with Crippen LogP contribution in [-0.4, -0.2) is 57.5 Å². The first-order chi connectivity index (χ1) is 13.7. The van der Waals surface area contributed by atoms with Gasteiger partial charge in [0.15, 0.2) is 5.82 Å². The molecule has 1 saturated heterocycles. The van der Waals surface area contributed by atoms with Crippen molar-refractivity contribution in [3.05, 3.63) is 52.4 Å². The number of nitrogens with one attached hydrogen (secondary N) is 1. The number of benzene rings is 1. The summed E-state index contributed by atoms with van der Waals surface area (Å²) in [7, 11) is 0. The fraction of sp³-hybridized carbons (Fsp3) is 0.316. The molecule has 1 aromatic carbocycles. The first kappa shape index (κ1) is 19.2. The van der Waals surface area contributed by atoms with Crippen molar-refractivity contribution in [1.82, 2.24) is 24.6 Å². The average Bonchev–Trinajstić information content (AvgIpc) is 3.18. The zero-order valence-corrected chi connectivity index (χ0v) is 17.3. The number of aromatic nitrogens is 4. The number of morpholine rings is 1. The lowest BCUT2D eigenvalue weighted by molar-refractivity contribution is 0.0364. The van der Waals surface area contributed by atoms with E-state index in [-0.39, 0.29) is 5.82 Å². The smallest absolute Gasteiger partial charge is 0.166 e. The van der Waals surface area contributed by atoms with E-state index in [1.54, 1.807) is 24.8 Å². The van der Waals surface area contributed by atoms with E-state index in [2.05, 4.69) is 48.0 Å². The number of halogens is 2. The Hall–Kier alpha value is -2.11. The number of anilines is 2. The minimum atomic E-state index is -0.310. The highest BCUT2D eigenvalue weighted by atomic mass is 127. The summed E-state index contributed by atoms with van der Waals surface area (Å²) < 4.78 is 22.5. The molecule has 0 spiro atoms. The lowest BCUT2D eigenvalue weighted by Gasteiger charge is -2.26. The van der Waals surface area contributed by atoms with Crippen molar-refractivity contribution in [2.24, 2.45) is 0 Å². The van der Waals surface area contributed by atoms with Crippen molar-refractivity contribution in [2.45, 2.75) is 6.54 Å². The lowest BCUT2D eigenvalue weighted by Crippen LogP contribution is -2.38. The van der Waals surface area contributed by atoms with Crippen LogP contribution in [0.25, 0.3) is 11.4 Å². The Balaban J connectivity index is 1.56. The third-order valence-corrected chi connectivity index (χ3v) is 5.31. The largest absolute Gasteiger partial charge is 0.379 e. The van der Waals surface area contributed by atoms with Gasteiger partial charge in [-0.15, -0.1) is 10.2 Å². The molecule has 0 amide bonds. The van der Waals surface area contributed by atoms with Crippen molar-refractivity contribution in [3.63, 3.8) is 0 Å². The highest BCUT2D eigenvalue weighted by Gasteiger charge is 2.15. The summed E-state index contributed by atoms with van der Waals surface area (Å²) >= 11 is 2.09. The van der Waals surface area contributed by atoms with Gasteiger partial charge in [-0.1, -0.05) is 0 Å². The minimum absolute atomic E-state index is 0.310. The predicted octanol–water partition coefficient (Wildman–Crippen LogP) is 3.16. The van der Waals surface area contributed by atoms with Crippen molar-refractivity contribution < 1.29 is 9.13 Å². The first-order valence-corrected chi connectivity index (χ1v) is 10.1. The van der Waals surface area contributed by atoms with E-state index < -0.39 is 0 Å². The van der Waals surface area contributed by atoms with Gasteiger partial charge in [-0.2, -0.15) is 0 Å². The second-order valence-electron chi connectivity index (χ2n) is 6.47. The first-order valence-electron chi connectivity index (χ1n) is 9.05. The van der Waals surface area contributed by atoms with Gasteiger partial charge in [0.1, 0.15) is 12.1 Å². The molecule has 0 atom stereocenters. The Morgan fingerprint density at radius 3 is 2.82 bits per heavy atom. The van der Waals surface area contributed by atoms with Crippen LogP contribution in [0.3, 0.4) is 0 Å². The molecule has 0 saturated carbocycles. The molecule has 2 aromatic heterocycles. The highest BCUT2D eigenvalue weighted by molar-refractivity contribution is 14.1. The molecule has 1 aliphatic rings. The SMILES string of the molecule is Fc1cc(I)ccc1Nc1cnccc1-c1nncn1CCN1CCOCC1. The van der Waals surface area contributed by atoms with Crippen LogP contribution in [-0.2, 0) is 11.3 Å². The summed E-state index contributed by atoms with van der Waals surface area (Å²) in [6.07, 6.45) is 5.10. The standard InChI is InChI=1S/C19H20FIN6O/c20-16-11-14(21)1-2-17(16)24-18-12-22-4-3-15(18)19-25-23-13-27(19)6-5-26-7-9-28-10-8-26/h1-4,11-13,24H,5-10H2. The molecular weight excluding hydrogens is 474 g/mol. The summed E-state index contributed by atoms with van der Waals surface area (Å²) in [4.78, 5) is 6.54. The molecule has 1 fully saturated rings. The fourth-order valence-electron chi connectivity index (χ4n) is 3.13. The molecule has 9 heteroatoms. The Kier molecular flexibility index (Phi) is 6.13. The summed E-state index contributed by atoms with van der Waals surface area (Å²) in [5.41, 5.74) is 1.91. The van der Waals surface area contributed by atoms with Gasteiger partial charge in [-0.3, -0.25) is 9.88 Å². The molecule has 28 heavy (non-hydrogen) atoms. The van der Waals surface area contributed by atoms with Gasteiger partial charge in [0.2, 0.25) is 0 Å². The Bertz CT molecular complexity index is 944. The number of nitrogens with zero attached hydrogens (tertiary/aromatic N) is 5. The minimum Gasteiger partial charge on any atom is -0.379 e. The summed E-state index contributed by atoms with van der Waals surface area (Å²) in [6.45, 7) is 5.08. The average molecular weight is 494 g/mol. The van der Waals surface area contributed by atoms with Crippen LogP contribution in [0.2, 0.25) is 0 Å². The van der Waals surface area contributed by atoms with Crippen LogP contribution in [0.1, 0.15) is 0 Å². The number of hydrogen-bond donors (Lipinski definition) is 1. The van der Waals surface area contributed by atoms with E-state index in [4.69, 9.17) is 4.74 Å². The molecular formula is C19H20FIN6O. The second kappa shape index (κ2) is 8.93. The number of hydrogen-bond acceptors (Lipinski definition) is 6. The zero-order chi connectivity index (χ0) is 19.3. The zero-order valence-electron chi connectivity index (χ0n) is 15.2. The van der Waals surface area contributed by atoms with Crippen LogP contribution >= 0.6 is 22.6 Å². The maximum Gasteiger partial charge on any atom is 0.166 e. The maximum absolute atomic E-state index is 14.3. The molecule has 3 heterocycles. The number of ether oxygens (including phenoxy) is 1. The maximum atomic E-state index is 14.3. The predicted molar refractivity (Wildman–Crippen MR) is 113 cm³/mol. The molecule has 7 nitrogen and oxygen atoms in total. The van der Waals surface area contributed by atoms with E-state index in [1.807, 2.05) is 16.7 Å². The molecule has 3 aromatic rings. The van der Waals surface area contributed by atoms with E-state index in [0.717, 1.165) is 54.4 Å². The topological polar surface area (TPSA) is 68.1 Å². The Labute approximate surface area is 176 Å². The Morgan fingerprint density at radius 1 is 1.14 bits per heavy atom. The van der Waals surface area contributed by atoms with E-state index in [0.29, 0.717) is 11.4 Å². The Morgan fingerprint density at radius 2 is 2.00 bits per heavy atom. The van der Waals surface area contributed by atoms with Crippen LogP contribution in [0.5, 0.6) is 0 Å². The second-order valence-corrected chi connectivity index (χ2v) is 7.72. The van der Waals surface area contributed by atoms with E-state index in [9.17, 15) is 4.39 Å². The molecule has 1 N–H and O–H groups in total. The van der Waals surface area contributed by atoms with Crippen LogP contribution < -0.4 is 5.32 Å². The van der Waals surface area contributed by atoms with Crippen molar-refractivity contribution in [3.8, 4) is 11.4 Å². The van der Waals surface area contributed by atoms with Crippen LogP contribution in [0.15, 0.2) is 43.0 Å². The van der Waals surface area contributed by atoms with Crippen LogP contribution in [0.4, 0.5) is 15.8 Å².